The van der Waals surface area contributed by atoms with Gasteiger partial charge in [-0.2, -0.15) is 0 Å². The topological polar surface area (TPSA) is 0 Å². The summed E-state index contributed by atoms with van der Waals surface area (Å²) in [5, 5.41) is 0. The SMILES string of the molecule is CCC1CC(CC)C(C)(C)C1. The molecule has 0 N–H and O–H groups in total. The van der Waals surface area contributed by atoms with Gasteiger partial charge in [-0.3, -0.25) is 0 Å². The van der Waals surface area contributed by atoms with E-state index < -0.39 is 0 Å². The Bertz CT molecular complexity index is 124. The summed E-state index contributed by atoms with van der Waals surface area (Å²) in [6.45, 7) is 9.55. The van der Waals surface area contributed by atoms with E-state index in [1.807, 2.05) is 0 Å². The maximum absolute atomic E-state index is 2.44. The second kappa shape index (κ2) is 3.16. The number of rotatable bonds is 2. The van der Waals surface area contributed by atoms with E-state index in [1.54, 1.807) is 0 Å². The molecule has 1 aliphatic carbocycles. The smallest absolute Gasteiger partial charge is 0.0323 e. The Morgan fingerprint density at radius 1 is 1.18 bits per heavy atom. The molecule has 1 fully saturated rings. The van der Waals surface area contributed by atoms with Crippen molar-refractivity contribution < 1.29 is 0 Å². The molecule has 0 amide bonds. The van der Waals surface area contributed by atoms with E-state index in [0.29, 0.717) is 5.41 Å². The van der Waals surface area contributed by atoms with Crippen molar-refractivity contribution in [3.8, 4) is 0 Å². The van der Waals surface area contributed by atoms with Crippen LogP contribution in [0.1, 0.15) is 53.4 Å². The van der Waals surface area contributed by atoms with Crippen molar-refractivity contribution >= 4 is 0 Å². The largest absolute Gasteiger partial charge is 0.0651 e. The minimum Gasteiger partial charge on any atom is -0.0651 e. The molecular formula is C11H22. The van der Waals surface area contributed by atoms with Crippen molar-refractivity contribution in [2.24, 2.45) is 17.3 Å². The standard InChI is InChI=1S/C11H22/c1-5-9-7-10(6-2)11(3,4)8-9/h9-10H,5-8H2,1-4H3. The van der Waals surface area contributed by atoms with Crippen molar-refractivity contribution in [2.75, 3.05) is 0 Å². The molecule has 11 heavy (non-hydrogen) atoms. The zero-order chi connectivity index (χ0) is 8.48. The minimum atomic E-state index is 0.634. The van der Waals surface area contributed by atoms with Gasteiger partial charge in [0.15, 0.2) is 0 Å². The first-order valence-corrected chi connectivity index (χ1v) is 5.10. The maximum atomic E-state index is 2.44. The third-order valence-corrected chi connectivity index (χ3v) is 3.61. The average molecular weight is 154 g/mol. The highest BCUT2D eigenvalue weighted by Gasteiger charge is 2.37. The summed E-state index contributed by atoms with van der Waals surface area (Å²) in [5.74, 6) is 2.02. The van der Waals surface area contributed by atoms with Gasteiger partial charge in [0.05, 0.1) is 0 Å². The minimum absolute atomic E-state index is 0.634. The Morgan fingerprint density at radius 2 is 1.82 bits per heavy atom. The Morgan fingerprint density at radius 3 is 2.09 bits per heavy atom. The van der Waals surface area contributed by atoms with Crippen LogP contribution in [0.15, 0.2) is 0 Å². The molecule has 0 aromatic rings. The van der Waals surface area contributed by atoms with Crippen LogP contribution in [0, 0.1) is 17.3 Å². The fourth-order valence-electron chi connectivity index (χ4n) is 2.75. The predicted octanol–water partition coefficient (Wildman–Crippen LogP) is 3.86. The molecule has 2 unspecified atom stereocenters. The zero-order valence-corrected chi connectivity index (χ0v) is 8.48. The van der Waals surface area contributed by atoms with E-state index in [2.05, 4.69) is 27.7 Å². The van der Waals surface area contributed by atoms with Gasteiger partial charge < -0.3 is 0 Å². The van der Waals surface area contributed by atoms with Gasteiger partial charge >= 0.3 is 0 Å². The van der Waals surface area contributed by atoms with Gasteiger partial charge in [-0.1, -0.05) is 40.5 Å². The van der Waals surface area contributed by atoms with Crippen LogP contribution in [-0.4, -0.2) is 0 Å². The van der Waals surface area contributed by atoms with E-state index in [9.17, 15) is 0 Å². The maximum Gasteiger partial charge on any atom is -0.0323 e. The van der Waals surface area contributed by atoms with E-state index in [4.69, 9.17) is 0 Å². The Kier molecular flexibility index (Phi) is 2.61. The highest BCUT2D eigenvalue weighted by atomic mass is 14.4. The van der Waals surface area contributed by atoms with Crippen LogP contribution >= 0.6 is 0 Å². The van der Waals surface area contributed by atoms with Crippen molar-refractivity contribution in [3.63, 3.8) is 0 Å². The molecule has 0 radical (unpaired) electrons. The molecule has 0 saturated heterocycles. The molecule has 66 valence electrons. The third kappa shape index (κ3) is 1.77. The fourth-order valence-corrected chi connectivity index (χ4v) is 2.75. The zero-order valence-electron chi connectivity index (χ0n) is 8.48. The van der Waals surface area contributed by atoms with Crippen LogP contribution in [0.4, 0.5) is 0 Å². The van der Waals surface area contributed by atoms with E-state index in [-0.39, 0.29) is 0 Å². The van der Waals surface area contributed by atoms with Crippen molar-refractivity contribution in [3.05, 3.63) is 0 Å². The first-order valence-electron chi connectivity index (χ1n) is 5.10. The Hall–Kier alpha value is 0. The molecule has 0 aromatic carbocycles. The monoisotopic (exact) mass is 154 g/mol. The molecule has 0 aromatic heterocycles. The van der Waals surface area contributed by atoms with Crippen LogP contribution in [0.5, 0.6) is 0 Å². The second-order valence-corrected chi connectivity index (χ2v) is 4.81. The summed E-state index contributed by atoms with van der Waals surface area (Å²) < 4.78 is 0. The first kappa shape index (κ1) is 9.09. The second-order valence-electron chi connectivity index (χ2n) is 4.81. The molecule has 1 aliphatic rings. The van der Waals surface area contributed by atoms with E-state index >= 15 is 0 Å². The molecule has 0 nitrogen and oxygen atoms in total. The van der Waals surface area contributed by atoms with Crippen molar-refractivity contribution in [2.45, 2.75) is 53.4 Å². The third-order valence-electron chi connectivity index (χ3n) is 3.61. The summed E-state index contributed by atoms with van der Waals surface area (Å²) in [4.78, 5) is 0. The lowest BCUT2D eigenvalue weighted by atomic mass is 9.80. The Labute approximate surface area is 71.4 Å². The molecule has 1 saturated carbocycles. The molecular weight excluding hydrogens is 132 g/mol. The molecule has 0 spiro atoms. The van der Waals surface area contributed by atoms with Gasteiger partial charge in [0.25, 0.3) is 0 Å². The highest BCUT2D eigenvalue weighted by molar-refractivity contribution is 4.88. The lowest BCUT2D eigenvalue weighted by Crippen LogP contribution is -2.15. The van der Waals surface area contributed by atoms with Gasteiger partial charge in [-0.25, -0.2) is 0 Å². The van der Waals surface area contributed by atoms with Crippen molar-refractivity contribution in [1.82, 2.24) is 0 Å². The first-order chi connectivity index (χ1) is 5.10. The normalized spacial score (nSPS) is 36.0. The van der Waals surface area contributed by atoms with Crippen LogP contribution in [-0.2, 0) is 0 Å². The molecule has 0 heteroatoms. The van der Waals surface area contributed by atoms with Gasteiger partial charge in [0.2, 0.25) is 0 Å². The van der Waals surface area contributed by atoms with Gasteiger partial charge in [-0.15, -0.1) is 0 Å². The van der Waals surface area contributed by atoms with Gasteiger partial charge in [0, 0.05) is 0 Å². The molecule has 0 aliphatic heterocycles. The Balaban J connectivity index is 2.55. The van der Waals surface area contributed by atoms with Crippen LogP contribution in [0.25, 0.3) is 0 Å². The summed E-state index contributed by atoms with van der Waals surface area (Å²) in [7, 11) is 0. The summed E-state index contributed by atoms with van der Waals surface area (Å²) in [6, 6.07) is 0. The number of hydrogen-bond acceptors (Lipinski definition) is 0. The summed E-state index contributed by atoms with van der Waals surface area (Å²) >= 11 is 0. The van der Waals surface area contributed by atoms with E-state index in [0.717, 1.165) is 11.8 Å². The summed E-state index contributed by atoms with van der Waals surface area (Å²) in [6.07, 6.45) is 5.71. The van der Waals surface area contributed by atoms with Crippen LogP contribution in [0.3, 0.4) is 0 Å². The van der Waals surface area contributed by atoms with Gasteiger partial charge in [-0.05, 0) is 30.1 Å². The lowest BCUT2D eigenvalue weighted by Gasteiger charge is -2.25. The van der Waals surface area contributed by atoms with Crippen LogP contribution < -0.4 is 0 Å². The van der Waals surface area contributed by atoms with E-state index in [1.165, 1.54) is 25.7 Å². The van der Waals surface area contributed by atoms with Crippen molar-refractivity contribution in [1.29, 1.82) is 0 Å². The molecule has 0 heterocycles. The van der Waals surface area contributed by atoms with Crippen LogP contribution in [0.2, 0.25) is 0 Å². The molecule has 0 bridgehead atoms. The molecule has 2 atom stereocenters. The number of hydrogen-bond donors (Lipinski definition) is 0. The van der Waals surface area contributed by atoms with Gasteiger partial charge in [0.1, 0.15) is 0 Å². The average Bonchev–Trinajstić information content (AvgIpc) is 2.24. The summed E-state index contributed by atoms with van der Waals surface area (Å²) in [5.41, 5.74) is 0.634. The lowest BCUT2D eigenvalue weighted by molar-refractivity contribution is 0.251. The predicted molar refractivity (Wildman–Crippen MR) is 50.6 cm³/mol. The fraction of sp³-hybridized carbons (Fsp3) is 1.00. The quantitative estimate of drug-likeness (QED) is 0.566. The highest BCUT2D eigenvalue weighted by Crippen LogP contribution is 2.48. The molecule has 1 rings (SSSR count).